The monoisotopic (exact) mass is 813 g/mol. The number of azo groups is 1. The first-order valence-corrected chi connectivity index (χ1v) is 21.3. The van der Waals surface area contributed by atoms with E-state index in [1.807, 2.05) is 0 Å². The zero-order valence-electron chi connectivity index (χ0n) is 29.7. The van der Waals surface area contributed by atoms with Crippen LogP contribution in [0.5, 0.6) is 0 Å². The zero-order valence-corrected chi connectivity index (χ0v) is 32.9. The van der Waals surface area contributed by atoms with Gasteiger partial charge in [-0.2, -0.15) is 10.2 Å². The van der Waals surface area contributed by atoms with Crippen molar-refractivity contribution in [2.45, 2.75) is 135 Å². The third kappa shape index (κ3) is 12.8. The Kier molecular flexibility index (Phi) is 18.8. The maximum atomic E-state index is 12.5. The molecule has 0 bridgehead atoms. The fourth-order valence-corrected chi connectivity index (χ4v) is 11.6. The van der Waals surface area contributed by atoms with Crippen molar-refractivity contribution < 1.29 is 116 Å². The van der Waals surface area contributed by atoms with Crippen molar-refractivity contribution in [3.63, 3.8) is 0 Å². The standard InChI is InChI=1S/C26H46ClN7O13S3.3Li/c27-12-4-5-17(16(8-12)23(36)37)33-34-21-19(50(45,46)47)7-11-6-15(49(42,43)44)10-18(20(11)22(21)35)29-25-30-24(31-26(38)32-25)28-13-2-1-3-14(9-13)48(39,40)41;;;/h11-22,24-26,28-32,35,38H,1-10H2,(H,36,37)(H,39,40,41)(H,42,43,44)(H,45,46,47);;;/q;3*+1/p-3. The SMILES string of the molecule is O=C(O)C1CC(Cl)CCC1N=NC1C(O)C2C(CC(S(=O)(=O)[O-])CC2NC2NC(O)NC(NC3CCCC(S(=O)(=O)[O-])C3)N2)CC1S(=O)(=O)[O-].[Li+].[Li+].[Li+]. The summed E-state index contributed by atoms with van der Waals surface area (Å²) in [5.74, 6) is -4.16. The summed E-state index contributed by atoms with van der Waals surface area (Å²) in [4.78, 5) is 11.9. The molecule has 1 heterocycles. The first kappa shape index (κ1) is 49.7. The average molecular weight is 814 g/mol. The molecular formula is C26H43ClLi3N7O13S3. The molecule has 15 unspecified atom stereocenters. The van der Waals surface area contributed by atoms with Crippen molar-refractivity contribution in [2.75, 3.05) is 0 Å². The van der Waals surface area contributed by atoms with Crippen LogP contribution in [-0.2, 0) is 35.1 Å². The Morgan fingerprint density at radius 3 is 1.94 bits per heavy atom. The minimum absolute atomic E-state index is 0. The van der Waals surface area contributed by atoms with E-state index in [1.54, 1.807) is 0 Å². The maximum absolute atomic E-state index is 12.5. The summed E-state index contributed by atoms with van der Waals surface area (Å²) in [5, 5.41) is 49.9. The van der Waals surface area contributed by atoms with Gasteiger partial charge in [-0.25, -0.2) is 25.3 Å². The molecule has 8 N–H and O–H groups in total. The molecule has 1 saturated heterocycles. The van der Waals surface area contributed by atoms with E-state index in [9.17, 15) is 59.0 Å². The van der Waals surface area contributed by atoms with Crippen LogP contribution >= 0.6 is 11.6 Å². The molecule has 0 aromatic rings. The van der Waals surface area contributed by atoms with Gasteiger partial charge in [-0.05, 0) is 63.7 Å². The summed E-state index contributed by atoms with van der Waals surface area (Å²) in [7, 11) is -14.6. The predicted molar refractivity (Wildman–Crippen MR) is 170 cm³/mol. The summed E-state index contributed by atoms with van der Waals surface area (Å²) < 4.78 is 109. The second-order valence-corrected chi connectivity index (χ2v) is 19.5. The molecule has 0 radical (unpaired) electrons. The van der Waals surface area contributed by atoms with E-state index < -0.39 is 131 Å². The van der Waals surface area contributed by atoms with E-state index in [2.05, 4.69) is 36.8 Å². The number of halogens is 1. The van der Waals surface area contributed by atoms with Crippen LogP contribution in [0.1, 0.15) is 64.2 Å². The Morgan fingerprint density at radius 1 is 0.736 bits per heavy atom. The molecule has 5 fully saturated rings. The third-order valence-electron chi connectivity index (χ3n) is 10.7. The Balaban J connectivity index is 0.00000324. The number of nitrogens with zero attached hydrogens (tertiary/aromatic N) is 2. The van der Waals surface area contributed by atoms with Crippen molar-refractivity contribution in [1.29, 1.82) is 0 Å². The molecule has 20 nitrogen and oxygen atoms in total. The number of rotatable bonds is 10. The Labute approximate surface area is 350 Å². The van der Waals surface area contributed by atoms with Crippen LogP contribution in [0, 0.1) is 17.8 Å². The predicted octanol–water partition coefficient (Wildman–Crippen LogP) is -11.7. The number of fused-ring (bicyclic) bond motifs is 1. The van der Waals surface area contributed by atoms with E-state index in [-0.39, 0.29) is 95.1 Å². The van der Waals surface area contributed by atoms with Crippen LogP contribution < -0.4 is 83.2 Å². The van der Waals surface area contributed by atoms with E-state index >= 15 is 0 Å². The Morgan fingerprint density at radius 2 is 1.36 bits per heavy atom. The number of carboxylic acid groups (broad SMARTS) is 1. The fourth-order valence-electron chi connectivity index (χ4n) is 8.36. The van der Waals surface area contributed by atoms with Gasteiger partial charge in [-0.3, -0.25) is 31.4 Å². The van der Waals surface area contributed by atoms with Crippen LogP contribution in [0.2, 0.25) is 0 Å². The van der Waals surface area contributed by atoms with Crippen molar-refractivity contribution in [1.82, 2.24) is 26.6 Å². The normalized spacial score (nSPS) is 41.2. The third-order valence-corrected chi connectivity index (χ3v) is 14.8. The zero-order chi connectivity index (χ0) is 36.8. The Hall–Kier alpha value is 0.602. The first-order valence-electron chi connectivity index (χ1n) is 16.5. The van der Waals surface area contributed by atoms with E-state index in [1.165, 1.54) is 0 Å². The second kappa shape index (κ2) is 20.0. The Bertz CT molecular complexity index is 1610. The topological polar surface area (TPSA) is 334 Å². The summed E-state index contributed by atoms with van der Waals surface area (Å²) in [5.41, 5.74) is 0. The van der Waals surface area contributed by atoms with E-state index in [0.29, 0.717) is 19.3 Å². The molecule has 53 heavy (non-hydrogen) atoms. The molecule has 0 aromatic carbocycles. The molecule has 288 valence electrons. The van der Waals surface area contributed by atoms with E-state index in [0.717, 1.165) is 0 Å². The first-order chi connectivity index (χ1) is 23.2. The molecule has 27 heteroatoms. The number of aliphatic hydroxyl groups is 2. The largest absolute Gasteiger partial charge is 1.00 e. The molecule has 0 aromatic heterocycles. The quantitative estimate of drug-likeness (QED) is 0.0439. The molecule has 4 aliphatic carbocycles. The second-order valence-electron chi connectivity index (χ2n) is 14.0. The van der Waals surface area contributed by atoms with Gasteiger partial charge in [0.05, 0.1) is 64.2 Å². The van der Waals surface area contributed by atoms with Gasteiger partial charge in [-0.15, -0.1) is 11.6 Å². The minimum Gasteiger partial charge on any atom is -0.748 e. The summed E-state index contributed by atoms with van der Waals surface area (Å²) >= 11 is 6.15. The summed E-state index contributed by atoms with van der Waals surface area (Å²) in [6.45, 7) is 0. The van der Waals surface area contributed by atoms with Crippen LogP contribution in [0.15, 0.2) is 10.2 Å². The maximum Gasteiger partial charge on any atom is 1.00 e. The fraction of sp³-hybridized carbons (Fsp3) is 0.962. The summed E-state index contributed by atoms with van der Waals surface area (Å²) in [6, 6.07) is -4.01. The van der Waals surface area contributed by atoms with Crippen molar-refractivity contribution in [3.05, 3.63) is 0 Å². The molecular weight excluding hydrogens is 771 g/mol. The number of aliphatic carboxylic acids is 1. The van der Waals surface area contributed by atoms with Gasteiger partial charge in [0.15, 0.2) is 6.35 Å². The van der Waals surface area contributed by atoms with Gasteiger partial charge in [-0.1, -0.05) is 6.42 Å². The molecule has 5 aliphatic rings. The smallest absolute Gasteiger partial charge is 0.748 e. The van der Waals surface area contributed by atoms with Crippen molar-refractivity contribution >= 4 is 47.9 Å². The van der Waals surface area contributed by atoms with Gasteiger partial charge < -0.3 is 29.0 Å². The minimum atomic E-state index is -5.17. The van der Waals surface area contributed by atoms with Crippen molar-refractivity contribution in [3.8, 4) is 0 Å². The molecule has 4 saturated carbocycles. The van der Waals surface area contributed by atoms with Crippen LogP contribution in [0.4, 0.5) is 0 Å². The molecule has 0 spiro atoms. The number of hydrogen-bond acceptors (Lipinski definition) is 19. The number of aliphatic hydroxyl groups excluding tert-OH is 2. The van der Waals surface area contributed by atoms with Gasteiger partial charge >= 0.3 is 62.6 Å². The number of carboxylic acids is 1. The number of carbonyl (C=O) groups is 1. The van der Waals surface area contributed by atoms with Gasteiger partial charge in [0.2, 0.25) is 0 Å². The van der Waals surface area contributed by atoms with Crippen LogP contribution in [0.3, 0.4) is 0 Å². The summed E-state index contributed by atoms with van der Waals surface area (Å²) in [6.07, 6.45) is -4.17. The van der Waals surface area contributed by atoms with Gasteiger partial charge in [0.1, 0.15) is 18.6 Å². The molecule has 15 atom stereocenters. The van der Waals surface area contributed by atoms with E-state index in [4.69, 9.17) is 11.6 Å². The van der Waals surface area contributed by atoms with Crippen LogP contribution in [0.25, 0.3) is 0 Å². The molecule has 0 amide bonds. The molecule has 5 rings (SSSR count). The van der Waals surface area contributed by atoms with Crippen LogP contribution in [-0.4, -0.2) is 131 Å². The van der Waals surface area contributed by atoms with Gasteiger partial charge in [0.25, 0.3) is 0 Å². The average Bonchev–Trinajstić information content (AvgIpc) is 2.99. The number of hydrogen-bond donors (Lipinski definition) is 8. The van der Waals surface area contributed by atoms with Crippen molar-refractivity contribution in [2.24, 2.45) is 28.0 Å². The number of alkyl halides is 1. The number of nitrogens with one attached hydrogen (secondary N) is 5. The molecule has 1 aliphatic heterocycles. The van der Waals surface area contributed by atoms with Gasteiger partial charge in [0, 0.05) is 23.4 Å².